The van der Waals surface area contributed by atoms with Crippen LogP contribution in [0, 0.1) is 0 Å². The van der Waals surface area contributed by atoms with Gasteiger partial charge in [-0.2, -0.15) is 11.8 Å². The number of thioether (sulfide) groups is 1. The lowest BCUT2D eigenvalue weighted by atomic mass is 10.2. The van der Waals surface area contributed by atoms with Crippen molar-refractivity contribution in [2.75, 3.05) is 38.7 Å². The molecule has 6 heteroatoms. The van der Waals surface area contributed by atoms with E-state index in [0.717, 1.165) is 31.0 Å². The van der Waals surface area contributed by atoms with Crippen LogP contribution in [0.5, 0.6) is 0 Å². The maximum Gasteiger partial charge on any atom is 0.255 e. The number of rotatable bonds is 3. The van der Waals surface area contributed by atoms with Crippen LogP contribution in [-0.2, 0) is 0 Å². The Labute approximate surface area is 123 Å². The summed E-state index contributed by atoms with van der Waals surface area (Å²) in [6.45, 7) is 1.64. The van der Waals surface area contributed by atoms with E-state index in [0.29, 0.717) is 5.56 Å². The minimum atomic E-state index is -0.183. The Hall–Kier alpha value is -1.27. The van der Waals surface area contributed by atoms with Crippen molar-refractivity contribution >= 4 is 17.7 Å². The largest absolute Gasteiger partial charge is 0.333 e. The highest BCUT2D eigenvalue weighted by atomic mass is 32.2. The molecule has 0 spiro atoms. The van der Waals surface area contributed by atoms with Crippen molar-refractivity contribution in [3.05, 3.63) is 34.2 Å². The number of hydrogen-bond donors (Lipinski definition) is 1. The summed E-state index contributed by atoms with van der Waals surface area (Å²) in [4.78, 5) is 30.4. The van der Waals surface area contributed by atoms with Crippen LogP contribution in [0.3, 0.4) is 0 Å². The fraction of sp³-hybridized carbons (Fsp3) is 0.571. The van der Waals surface area contributed by atoms with Gasteiger partial charge in [-0.15, -0.1) is 0 Å². The molecule has 1 aromatic heterocycles. The number of pyridine rings is 1. The van der Waals surface area contributed by atoms with Gasteiger partial charge < -0.3 is 14.8 Å². The van der Waals surface area contributed by atoms with E-state index in [1.807, 2.05) is 30.8 Å². The first-order valence-corrected chi connectivity index (χ1v) is 7.95. The van der Waals surface area contributed by atoms with Gasteiger partial charge in [0.25, 0.3) is 5.91 Å². The Bertz CT molecular complexity index is 495. The summed E-state index contributed by atoms with van der Waals surface area (Å²) in [6.07, 6.45) is 2.53. The number of H-pyrrole nitrogens is 1. The number of amides is 1. The molecule has 1 fully saturated rings. The SMILES string of the molecule is CN(C)C[C@H]1CSCCCN1C(=O)c1ccc(=O)[nH]c1. The molecule has 0 aromatic carbocycles. The van der Waals surface area contributed by atoms with Crippen molar-refractivity contribution < 1.29 is 4.79 Å². The van der Waals surface area contributed by atoms with Crippen molar-refractivity contribution in [3.8, 4) is 0 Å². The fourth-order valence-corrected chi connectivity index (χ4v) is 3.44. The smallest absolute Gasteiger partial charge is 0.255 e. The molecule has 2 heterocycles. The topological polar surface area (TPSA) is 56.4 Å². The third-order valence-corrected chi connectivity index (χ3v) is 4.50. The van der Waals surface area contributed by atoms with Gasteiger partial charge in [0.05, 0.1) is 11.6 Å². The molecule has 1 saturated heterocycles. The summed E-state index contributed by atoms with van der Waals surface area (Å²) in [6, 6.07) is 3.23. The van der Waals surface area contributed by atoms with Gasteiger partial charge in [-0.25, -0.2) is 0 Å². The molecule has 0 unspecified atom stereocenters. The first kappa shape index (κ1) is 15.1. The highest BCUT2D eigenvalue weighted by Crippen LogP contribution is 2.19. The van der Waals surface area contributed by atoms with E-state index < -0.39 is 0 Å². The lowest BCUT2D eigenvalue weighted by molar-refractivity contribution is 0.0675. The molecule has 1 aliphatic rings. The lowest BCUT2D eigenvalue weighted by Crippen LogP contribution is -2.46. The van der Waals surface area contributed by atoms with Gasteiger partial charge in [0, 0.05) is 31.1 Å². The summed E-state index contributed by atoms with van der Waals surface area (Å²) in [5.41, 5.74) is 0.373. The monoisotopic (exact) mass is 295 g/mol. The summed E-state index contributed by atoms with van der Waals surface area (Å²) in [7, 11) is 4.05. The van der Waals surface area contributed by atoms with Crippen molar-refractivity contribution in [2.45, 2.75) is 12.5 Å². The maximum atomic E-state index is 12.6. The van der Waals surface area contributed by atoms with E-state index in [2.05, 4.69) is 9.88 Å². The second-order valence-corrected chi connectivity index (χ2v) is 6.43. The Morgan fingerprint density at radius 1 is 1.50 bits per heavy atom. The van der Waals surface area contributed by atoms with Crippen LogP contribution in [0.15, 0.2) is 23.1 Å². The average Bonchev–Trinajstić information content (AvgIpc) is 2.63. The number of aromatic nitrogens is 1. The van der Waals surface area contributed by atoms with Crippen molar-refractivity contribution in [2.24, 2.45) is 0 Å². The summed E-state index contributed by atoms with van der Waals surface area (Å²) in [5.74, 6) is 2.07. The Kier molecular flexibility index (Phi) is 5.25. The van der Waals surface area contributed by atoms with Crippen molar-refractivity contribution in [1.29, 1.82) is 0 Å². The zero-order valence-corrected chi connectivity index (χ0v) is 12.8. The Morgan fingerprint density at radius 2 is 2.30 bits per heavy atom. The minimum Gasteiger partial charge on any atom is -0.333 e. The minimum absolute atomic E-state index is 0.00981. The van der Waals surface area contributed by atoms with E-state index in [-0.39, 0.29) is 17.5 Å². The number of carbonyl (C=O) groups is 1. The first-order chi connectivity index (χ1) is 9.58. The first-order valence-electron chi connectivity index (χ1n) is 6.80. The number of nitrogens with zero attached hydrogens (tertiary/aromatic N) is 2. The van der Waals surface area contributed by atoms with Crippen LogP contribution in [0.2, 0.25) is 0 Å². The molecule has 5 nitrogen and oxygen atoms in total. The number of hydrogen-bond acceptors (Lipinski definition) is 4. The molecule has 0 saturated carbocycles. The molecule has 1 atom stereocenters. The normalized spacial score (nSPS) is 19.9. The third kappa shape index (κ3) is 3.86. The summed E-state index contributed by atoms with van der Waals surface area (Å²) < 4.78 is 0. The molecule has 110 valence electrons. The van der Waals surface area contributed by atoms with Crippen LogP contribution < -0.4 is 5.56 Å². The number of nitrogens with one attached hydrogen (secondary N) is 1. The highest BCUT2D eigenvalue weighted by molar-refractivity contribution is 7.99. The standard InChI is InChI=1S/C14H21N3O2S/c1-16(2)9-12-10-20-7-3-6-17(12)14(19)11-4-5-13(18)15-8-11/h4-5,8,12H,3,6-7,9-10H2,1-2H3,(H,15,18)/t12-/m0/s1. The predicted octanol–water partition coefficient (Wildman–Crippen LogP) is 0.884. The maximum absolute atomic E-state index is 12.6. The molecule has 1 N–H and O–H groups in total. The summed E-state index contributed by atoms with van der Waals surface area (Å²) >= 11 is 1.91. The van der Waals surface area contributed by atoms with Crippen LogP contribution in [0.4, 0.5) is 0 Å². The molecule has 0 aliphatic carbocycles. The van der Waals surface area contributed by atoms with E-state index in [9.17, 15) is 9.59 Å². The molecular weight excluding hydrogens is 274 g/mol. The number of carbonyl (C=O) groups excluding carboxylic acids is 1. The van der Waals surface area contributed by atoms with Crippen LogP contribution >= 0.6 is 11.8 Å². The van der Waals surface area contributed by atoms with Crippen LogP contribution in [-0.4, -0.2) is 65.4 Å². The van der Waals surface area contributed by atoms with Gasteiger partial charge in [0.15, 0.2) is 0 Å². The van der Waals surface area contributed by atoms with Crippen molar-refractivity contribution in [1.82, 2.24) is 14.8 Å². The zero-order valence-electron chi connectivity index (χ0n) is 12.0. The fourth-order valence-electron chi connectivity index (χ4n) is 2.38. The lowest BCUT2D eigenvalue weighted by Gasteiger charge is -2.31. The molecule has 1 amide bonds. The zero-order chi connectivity index (χ0) is 14.5. The second-order valence-electron chi connectivity index (χ2n) is 5.28. The third-order valence-electron chi connectivity index (χ3n) is 3.31. The average molecular weight is 295 g/mol. The molecule has 20 heavy (non-hydrogen) atoms. The van der Waals surface area contributed by atoms with E-state index in [1.54, 1.807) is 6.07 Å². The highest BCUT2D eigenvalue weighted by Gasteiger charge is 2.26. The van der Waals surface area contributed by atoms with Crippen molar-refractivity contribution in [3.63, 3.8) is 0 Å². The van der Waals surface area contributed by atoms with E-state index in [4.69, 9.17) is 0 Å². The molecule has 1 aromatic rings. The molecule has 2 rings (SSSR count). The quantitative estimate of drug-likeness (QED) is 0.899. The predicted molar refractivity (Wildman–Crippen MR) is 82.4 cm³/mol. The van der Waals surface area contributed by atoms with Gasteiger partial charge in [-0.05, 0) is 32.3 Å². The number of likely N-dealkylation sites (N-methyl/N-ethyl adjacent to an activating group) is 1. The number of aromatic amines is 1. The Morgan fingerprint density at radius 3 is 2.95 bits per heavy atom. The van der Waals surface area contributed by atoms with E-state index in [1.165, 1.54) is 12.3 Å². The van der Waals surface area contributed by atoms with Gasteiger partial charge in [-0.3, -0.25) is 9.59 Å². The van der Waals surface area contributed by atoms with E-state index >= 15 is 0 Å². The van der Waals surface area contributed by atoms with Gasteiger partial charge in [-0.1, -0.05) is 0 Å². The molecule has 0 radical (unpaired) electrons. The second kappa shape index (κ2) is 6.95. The van der Waals surface area contributed by atoms with Crippen LogP contribution in [0.1, 0.15) is 16.8 Å². The molecule has 1 aliphatic heterocycles. The van der Waals surface area contributed by atoms with Gasteiger partial charge >= 0.3 is 0 Å². The van der Waals surface area contributed by atoms with Gasteiger partial charge in [0.2, 0.25) is 5.56 Å². The molecule has 0 bridgehead atoms. The molecular formula is C14H21N3O2S. The van der Waals surface area contributed by atoms with Gasteiger partial charge in [0.1, 0.15) is 0 Å². The summed E-state index contributed by atoms with van der Waals surface area (Å²) in [5, 5.41) is 0. The van der Waals surface area contributed by atoms with Crippen LogP contribution in [0.25, 0.3) is 0 Å². The Balaban J connectivity index is 2.18.